The Labute approximate surface area is 291 Å². The fourth-order valence-corrected chi connectivity index (χ4v) is 6.05. The first-order valence-electron chi connectivity index (χ1n) is 16.5. The van der Waals surface area contributed by atoms with Crippen LogP contribution in [0.5, 0.6) is 0 Å². The molecule has 2 heterocycles. The number of benzene rings is 2. The molecule has 258 valence electrons. The predicted octanol–water partition coefficient (Wildman–Crippen LogP) is 5.99. The summed E-state index contributed by atoms with van der Waals surface area (Å²) in [4.78, 5) is 58.7. The molecule has 0 saturated carbocycles. The Morgan fingerprint density at radius 2 is 1.71 bits per heavy atom. The summed E-state index contributed by atoms with van der Waals surface area (Å²) in [5, 5.41) is 14.0. The minimum atomic E-state index is -0.432. The second-order valence-corrected chi connectivity index (χ2v) is 13.6. The lowest BCUT2D eigenvalue weighted by Gasteiger charge is -2.20. The highest BCUT2D eigenvalue weighted by Gasteiger charge is 2.22. The van der Waals surface area contributed by atoms with Crippen molar-refractivity contribution in [2.24, 2.45) is 0 Å². The topological polar surface area (TPSA) is 138 Å². The van der Waals surface area contributed by atoms with E-state index in [1.54, 1.807) is 19.3 Å². The molecule has 49 heavy (non-hydrogen) atoms. The van der Waals surface area contributed by atoms with Gasteiger partial charge >= 0.3 is 6.03 Å². The smallest absolute Gasteiger partial charge is 0.345 e. The van der Waals surface area contributed by atoms with E-state index in [4.69, 9.17) is 5.10 Å². The molecule has 12 heteroatoms. The van der Waals surface area contributed by atoms with E-state index in [2.05, 4.69) is 20.9 Å². The third-order valence-electron chi connectivity index (χ3n) is 7.45. The van der Waals surface area contributed by atoms with Gasteiger partial charge in [-0.25, -0.2) is 4.79 Å². The van der Waals surface area contributed by atoms with Crippen molar-refractivity contribution in [3.05, 3.63) is 83.8 Å². The molecule has 0 radical (unpaired) electrons. The molecule has 0 unspecified atom stereocenters. The van der Waals surface area contributed by atoms with Crippen molar-refractivity contribution >= 4 is 58.6 Å². The zero-order valence-corrected chi connectivity index (χ0v) is 29.6. The fourth-order valence-electron chi connectivity index (χ4n) is 5.07. The highest BCUT2D eigenvalue weighted by molar-refractivity contribution is 7.99. The Balaban J connectivity index is 1.50. The van der Waals surface area contributed by atoms with Crippen LogP contribution in [0.15, 0.2) is 76.7 Å². The molecule has 4 aromatic rings. The molecule has 0 fully saturated rings. The van der Waals surface area contributed by atoms with Gasteiger partial charge in [0.2, 0.25) is 11.8 Å². The van der Waals surface area contributed by atoms with E-state index >= 15 is 0 Å². The molecule has 0 aliphatic heterocycles. The Morgan fingerprint density at radius 3 is 2.43 bits per heavy atom. The van der Waals surface area contributed by atoms with Crippen LogP contribution < -0.4 is 16.0 Å². The quantitative estimate of drug-likeness (QED) is 0.139. The molecule has 2 aromatic carbocycles. The molecular weight excluding hydrogens is 639 g/mol. The predicted molar refractivity (Wildman–Crippen MR) is 194 cm³/mol. The monoisotopic (exact) mass is 683 g/mol. The number of carbonyl (C=O) groups is 4. The lowest BCUT2D eigenvalue weighted by molar-refractivity contribution is -0.123. The summed E-state index contributed by atoms with van der Waals surface area (Å²) in [7, 11) is 1.59. The molecule has 2 aromatic heterocycles. The third-order valence-corrected chi connectivity index (χ3v) is 8.52. The molecule has 0 atom stereocenters. The maximum absolute atomic E-state index is 14.0. The van der Waals surface area contributed by atoms with Crippen molar-refractivity contribution in [2.75, 3.05) is 26.7 Å². The number of unbranched alkanes of at least 4 members (excludes halogenated alkanes) is 2. The van der Waals surface area contributed by atoms with Gasteiger partial charge in [-0.15, -0.1) is 0 Å². The first-order valence-corrected chi connectivity index (χ1v) is 17.3. The average Bonchev–Trinajstić information content (AvgIpc) is 3.44. The van der Waals surface area contributed by atoms with Crippen molar-refractivity contribution in [1.29, 1.82) is 0 Å². The van der Waals surface area contributed by atoms with Gasteiger partial charge in [-0.3, -0.25) is 19.4 Å². The zero-order chi connectivity index (χ0) is 35.4. The molecule has 11 nitrogen and oxygen atoms in total. The van der Waals surface area contributed by atoms with Gasteiger partial charge in [0, 0.05) is 53.5 Å². The second kappa shape index (κ2) is 17.4. The van der Waals surface area contributed by atoms with Crippen LogP contribution >= 0.6 is 11.8 Å². The average molecular weight is 684 g/mol. The molecule has 0 saturated heterocycles. The Kier molecular flexibility index (Phi) is 13.1. The number of likely N-dealkylation sites (N-methyl/N-ethyl adjacent to an activating group) is 1. The van der Waals surface area contributed by atoms with E-state index in [0.29, 0.717) is 36.3 Å². The van der Waals surface area contributed by atoms with E-state index in [0.717, 1.165) is 40.1 Å². The van der Waals surface area contributed by atoms with Gasteiger partial charge in [0.1, 0.15) is 6.54 Å². The summed E-state index contributed by atoms with van der Waals surface area (Å²) in [6.45, 7) is 8.29. The standard InChI is InChI=1S/C37H45N7O4S/c1-6-43(25-34(46)40-23-12-7-8-17-33(45)41-37(2,3)4)36(48)44-31-24-27(49-32-16-10-9-15-29(32)35(47)38-5)19-20-28(31)30(42-44)21-18-26-14-11-13-22-39-26/h9-11,13-16,18-22,24H,6-8,12,17,23,25H2,1-5H3,(H,38,47)(H,40,46)(H,41,45)/b21-18+. The van der Waals surface area contributed by atoms with Gasteiger partial charge in [-0.2, -0.15) is 9.78 Å². The van der Waals surface area contributed by atoms with Crippen LogP contribution in [0.3, 0.4) is 0 Å². The van der Waals surface area contributed by atoms with Crippen molar-refractivity contribution in [3.63, 3.8) is 0 Å². The number of aromatic nitrogens is 3. The van der Waals surface area contributed by atoms with E-state index in [-0.39, 0.29) is 29.8 Å². The highest BCUT2D eigenvalue weighted by atomic mass is 32.2. The van der Waals surface area contributed by atoms with Gasteiger partial charge in [-0.05, 0) is 95.2 Å². The summed E-state index contributed by atoms with van der Waals surface area (Å²) in [6, 6.07) is 18.2. The molecule has 0 spiro atoms. The Morgan fingerprint density at radius 1 is 0.939 bits per heavy atom. The van der Waals surface area contributed by atoms with Gasteiger partial charge in [0.05, 0.1) is 22.5 Å². The molecule has 3 N–H and O–H groups in total. The SMILES string of the molecule is CCN(CC(=O)NCCCCCC(=O)NC(C)(C)C)C(=O)n1nc(/C=C/c2ccccn2)c2ccc(Sc3ccccc3C(=O)NC)cc21. The summed E-state index contributed by atoms with van der Waals surface area (Å²) in [5.74, 6) is -0.434. The normalized spacial score (nSPS) is 11.4. The van der Waals surface area contributed by atoms with Crippen LogP contribution in [0.2, 0.25) is 0 Å². The molecule has 0 aliphatic carbocycles. The number of hydrogen-bond donors (Lipinski definition) is 3. The number of hydrogen-bond acceptors (Lipinski definition) is 7. The largest absolute Gasteiger partial charge is 0.355 e. The molecular formula is C37H45N7O4S. The zero-order valence-electron chi connectivity index (χ0n) is 28.8. The first kappa shape index (κ1) is 36.9. The van der Waals surface area contributed by atoms with Crippen LogP contribution in [0.1, 0.15) is 75.1 Å². The van der Waals surface area contributed by atoms with E-state index in [1.807, 2.05) is 94.4 Å². The van der Waals surface area contributed by atoms with Gasteiger partial charge < -0.3 is 20.9 Å². The van der Waals surface area contributed by atoms with Gasteiger partial charge in [0.15, 0.2) is 0 Å². The minimum Gasteiger partial charge on any atom is -0.355 e. The number of pyridine rings is 1. The molecule has 4 rings (SSSR count). The van der Waals surface area contributed by atoms with Crippen LogP contribution in [-0.2, 0) is 9.59 Å². The molecule has 4 amide bonds. The van der Waals surface area contributed by atoms with Crippen molar-refractivity contribution in [3.8, 4) is 0 Å². The summed E-state index contributed by atoms with van der Waals surface area (Å²) >= 11 is 1.41. The molecule has 0 aliphatic rings. The number of carbonyl (C=O) groups excluding carboxylic acids is 4. The van der Waals surface area contributed by atoms with Gasteiger partial charge in [-0.1, -0.05) is 36.4 Å². The van der Waals surface area contributed by atoms with Crippen molar-refractivity contribution in [1.82, 2.24) is 35.6 Å². The lowest BCUT2D eigenvalue weighted by Crippen LogP contribution is -2.43. The number of nitrogens with one attached hydrogen (secondary N) is 3. The van der Waals surface area contributed by atoms with E-state index in [1.165, 1.54) is 21.3 Å². The number of fused-ring (bicyclic) bond motifs is 1. The van der Waals surface area contributed by atoms with Crippen molar-refractivity contribution < 1.29 is 19.2 Å². The number of rotatable bonds is 14. The maximum atomic E-state index is 14.0. The Hall–Kier alpha value is -4.97. The summed E-state index contributed by atoms with van der Waals surface area (Å²) in [6.07, 6.45) is 8.07. The van der Waals surface area contributed by atoms with Crippen molar-refractivity contribution in [2.45, 2.75) is 68.7 Å². The van der Waals surface area contributed by atoms with Crippen LogP contribution in [-0.4, -0.2) is 75.6 Å². The minimum absolute atomic E-state index is 0.0228. The summed E-state index contributed by atoms with van der Waals surface area (Å²) in [5.41, 5.74) is 2.19. The lowest BCUT2D eigenvalue weighted by atomic mass is 10.1. The second-order valence-electron chi connectivity index (χ2n) is 12.5. The van der Waals surface area contributed by atoms with E-state index in [9.17, 15) is 19.2 Å². The van der Waals surface area contributed by atoms with Crippen LogP contribution in [0.4, 0.5) is 4.79 Å². The van der Waals surface area contributed by atoms with E-state index < -0.39 is 6.03 Å². The van der Waals surface area contributed by atoms with Crippen LogP contribution in [0, 0.1) is 0 Å². The third kappa shape index (κ3) is 10.8. The number of nitrogens with zero attached hydrogens (tertiary/aromatic N) is 4. The first-order chi connectivity index (χ1) is 23.5. The summed E-state index contributed by atoms with van der Waals surface area (Å²) < 4.78 is 1.33. The Bertz CT molecular complexity index is 1800. The number of amides is 4. The highest BCUT2D eigenvalue weighted by Crippen LogP contribution is 2.33. The maximum Gasteiger partial charge on any atom is 0.345 e. The van der Waals surface area contributed by atoms with Crippen LogP contribution in [0.25, 0.3) is 23.1 Å². The molecule has 0 bridgehead atoms. The van der Waals surface area contributed by atoms with Gasteiger partial charge in [0.25, 0.3) is 5.91 Å². The fraction of sp³-hybridized carbons (Fsp3) is 0.351.